The molecular weight excluding hydrogens is 228 g/mol. The largest absolute Gasteiger partial charge is 0.0654 e. The number of unbranched alkanes of at least 4 members (excludes halogenated alkanes) is 2. The summed E-state index contributed by atoms with van der Waals surface area (Å²) in [4.78, 5) is 0. The monoisotopic (exact) mass is 260 g/mol. The summed E-state index contributed by atoms with van der Waals surface area (Å²) in [6.45, 7) is 12.0. The van der Waals surface area contributed by atoms with Crippen molar-refractivity contribution >= 4 is 0 Å². The van der Waals surface area contributed by atoms with E-state index in [0.29, 0.717) is 5.41 Å². The van der Waals surface area contributed by atoms with E-state index < -0.39 is 0 Å². The number of hydrogen-bond acceptors (Lipinski definition) is 0. The van der Waals surface area contributed by atoms with Gasteiger partial charge >= 0.3 is 0 Å². The fourth-order valence-corrected chi connectivity index (χ4v) is 3.31. The first-order chi connectivity index (χ1) is 8.95. The van der Waals surface area contributed by atoms with Gasteiger partial charge in [-0.05, 0) is 35.7 Å². The van der Waals surface area contributed by atoms with Gasteiger partial charge in [-0.15, -0.1) is 0 Å². The zero-order chi connectivity index (χ0) is 14.3. The first-order valence-corrected chi connectivity index (χ1v) is 7.99. The minimum Gasteiger partial charge on any atom is -0.0654 e. The van der Waals surface area contributed by atoms with E-state index in [0.717, 1.165) is 11.8 Å². The molecule has 2 unspecified atom stereocenters. The lowest BCUT2D eigenvalue weighted by atomic mass is 9.69. The van der Waals surface area contributed by atoms with Crippen molar-refractivity contribution < 1.29 is 0 Å². The molecule has 0 spiro atoms. The van der Waals surface area contributed by atoms with Gasteiger partial charge in [0.2, 0.25) is 0 Å². The van der Waals surface area contributed by atoms with E-state index in [1.165, 1.54) is 37.7 Å². The molecule has 0 aliphatic rings. The molecule has 0 fully saturated rings. The van der Waals surface area contributed by atoms with E-state index in [1.54, 1.807) is 0 Å². The Morgan fingerprint density at radius 2 is 1.63 bits per heavy atom. The molecule has 0 aromatic heterocycles. The third kappa shape index (κ3) is 5.80. The van der Waals surface area contributed by atoms with Crippen LogP contribution >= 0.6 is 0 Å². The summed E-state index contributed by atoms with van der Waals surface area (Å²) < 4.78 is 0. The third-order valence-corrected chi connectivity index (χ3v) is 4.32. The molecule has 0 heteroatoms. The lowest BCUT2D eigenvalue weighted by molar-refractivity contribution is 0.151. The second-order valence-electron chi connectivity index (χ2n) is 7.14. The highest BCUT2D eigenvalue weighted by atomic mass is 14.3. The topological polar surface area (TPSA) is 0 Å². The quantitative estimate of drug-likeness (QED) is 0.519. The summed E-state index contributed by atoms with van der Waals surface area (Å²) in [7, 11) is 0. The molecule has 0 aliphatic carbocycles. The maximum atomic E-state index is 2.44. The van der Waals surface area contributed by atoms with E-state index in [4.69, 9.17) is 0 Å². The second-order valence-corrected chi connectivity index (χ2v) is 7.14. The van der Waals surface area contributed by atoms with Crippen molar-refractivity contribution in [1.82, 2.24) is 0 Å². The molecule has 1 aromatic carbocycles. The normalized spacial score (nSPS) is 15.2. The third-order valence-electron chi connectivity index (χ3n) is 4.32. The molecule has 0 amide bonds. The minimum absolute atomic E-state index is 0.419. The molecule has 108 valence electrons. The zero-order valence-electron chi connectivity index (χ0n) is 13.6. The summed E-state index contributed by atoms with van der Waals surface area (Å²) in [6.07, 6.45) is 6.69. The SMILES string of the molecule is CCCCCC(C(C)Cc1ccccc1)C(C)(C)C. The van der Waals surface area contributed by atoms with Gasteiger partial charge in [0, 0.05) is 0 Å². The summed E-state index contributed by atoms with van der Waals surface area (Å²) >= 11 is 0. The predicted octanol–water partition coefficient (Wildman–Crippen LogP) is 6.11. The van der Waals surface area contributed by atoms with Crippen molar-refractivity contribution in [2.45, 2.75) is 66.7 Å². The van der Waals surface area contributed by atoms with Crippen molar-refractivity contribution in [1.29, 1.82) is 0 Å². The second kappa shape index (κ2) is 7.72. The smallest absolute Gasteiger partial charge is 0.0250 e. The first kappa shape index (κ1) is 16.3. The highest BCUT2D eigenvalue weighted by Crippen LogP contribution is 2.37. The number of hydrogen-bond donors (Lipinski definition) is 0. The maximum Gasteiger partial charge on any atom is -0.0250 e. The minimum atomic E-state index is 0.419. The van der Waals surface area contributed by atoms with Crippen molar-refractivity contribution in [2.24, 2.45) is 17.3 Å². The van der Waals surface area contributed by atoms with E-state index >= 15 is 0 Å². The molecule has 0 N–H and O–H groups in total. The lowest BCUT2D eigenvalue weighted by Gasteiger charge is -2.36. The Kier molecular flexibility index (Phi) is 6.62. The van der Waals surface area contributed by atoms with Crippen LogP contribution in [-0.2, 0) is 6.42 Å². The maximum absolute atomic E-state index is 2.44. The Morgan fingerprint density at radius 3 is 2.16 bits per heavy atom. The van der Waals surface area contributed by atoms with Crippen LogP contribution in [0.1, 0.15) is 65.9 Å². The van der Waals surface area contributed by atoms with Crippen molar-refractivity contribution in [2.75, 3.05) is 0 Å². The van der Waals surface area contributed by atoms with Crippen LogP contribution in [0.4, 0.5) is 0 Å². The fraction of sp³-hybridized carbons (Fsp3) is 0.684. The molecule has 0 nitrogen and oxygen atoms in total. The van der Waals surface area contributed by atoms with E-state index in [2.05, 4.69) is 65.0 Å². The van der Waals surface area contributed by atoms with Gasteiger partial charge in [-0.25, -0.2) is 0 Å². The molecule has 0 saturated heterocycles. The molecule has 0 heterocycles. The highest BCUT2D eigenvalue weighted by molar-refractivity contribution is 5.15. The van der Waals surface area contributed by atoms with E-state index in [1.807, 2.05) is 0 Å². The number of benzene rings is 1. The molecule has 0 bridgehead atoms. The summed E-state index contributed by atoms with van der Waals surface area (Å²) in [5.74, 6) is 1.58. The molecule has 1 aromatic rings. The van der Waals surface area contributed by atoms with Crippen LogP contribution in [0.5, 0.6) is 0 Å². The van der Waals surface area contributed by atoms with E-state index in [9.17, 15) is 0 Å². The van der Waals surface area contributed by atoms with Crippen LogP contribution in [0.2, 0.25) is 0 Å². The zero-order valence-corrected chi connectivity index (χ0v) is 13.6. The molecular formula is C19H32. The van der Waals surface area contributed by atoms with Gasteiger partial charge in [-0.1, -0.05) is 84.2 Å². The van der Waals surface area contributed by atoms with Gasteiger partial charge in [-0.3, -0.25) is 0 Å². The average Bonchev–Trinajstić information content (AvgIpc) is 2.34. The fourth-order valence-electron chi connectivity index (χ4n) is 3.31. The molecule has 19 heavy (non-hydrogen) atoms. The van der Waals surface area contributed by atoms with Gasteiger partial charge in [0.25, 0.3) is 0 Å². The summed E-state index contributed by atoms with van der Waals surface area (Å²) in [5, 5.41) is 0. The van der Waals surface area contributed by atoms with Crippen molar-refractivity contribution in [3.05, 3.63) is 35.9 Å². The van der Waals surface area contributed by atoms with Gasteiger partial charge in [0.1, 0.15) is 0 Å². The van der Waals surface area contributed by atoms with Crippen LogP contribution in [0, 0.1) is 17.3 Å². The summed E-state index contributed by atoms with van der Waals surface area (Å²) in [5.41, 5.74) is 1.90. The number of rotatable bonds is 7. The Hall–Kier alpha value is -0.780. The standard InChI is InChI=1S/C19H32/c1-6-7-9-14-18(19(3,4)5)16(2)15-17-12-10-8-11-13-17/h8,10-13,16,18H,6-7,9,14-15H2,1-5H3. The molecule has 0 saturated carbocycles. The molecule has 0 radical (unpaired) electrons. The Balaban J connectivity index is 2.63. The van der Waals surface area contributed by atoms with Gasteiger partial charge in [0.05, 0.1) is 0 Å². The lowest BCUT2D eigenvalue weighted by Crippen LogP contribution is -2.28. The van der Waals surface area contributed by atoms with Gasteiger partial charge in [0.15, 0.2) is 0 Å². The molecule has 0 aliphatic heterocycles. The van der Waals surface area contributed by atoms with E-state index in [-0.39, 0.29) is 0 Å². The highest BCUT2D eigenvalue weighted by Gasteiger charge is 2.28. The van der Waals surface area contributed by atoms with Crippen molar-refractivity contribution in [3.63, 3.8) is 0 Å². The predicted molar refractivity (Wildman–Crippen MR) is 86.4 cm³/mol. The van der Waals surface area contributed by atoms with Crippen LogP contribution in [0.25, 0.3) is 0 Å². The van der Waals surface area contributed by atoms with Gasteiger partial charge < -0.3 is 0 Å². The van der Waals surface area contributed by atoms with Crippen LogP contribution < -0.4 is 0 Å². The van der Waals surface area contributed by atoms with Crippen LogP contribution in [0.3, 0.4) is 0 Å². The van der Waals surface area contributed by atoms with Crippen LogP contribution in [0.15, 0.2) is 30.3 Å². The Labute approximate surface area is 120 Å². The van der Waals surface area contributed by atoms with Crippen molar-refractivity contribution in [3.8, 4) is 0 Å². The average molecular weight is 260 g/mol. The van der Waals surface area contributed by atoms with Crippen LogP contribution in [-0.4, -0.2) is 0 Å². The first-order valence-electron chi connectivity index (χ1n) is 7.99. The Bertz CT molecular complexity index is 331. The summed E-state index contributed by atoms with van der Waals surface area (Å²) in [6, 6.07) is 11.0. The Morgan fingerprint density at radius 1 is 1.00 bits per heavy atom. The molecule has 2 atom stereocenters. The molecule has 1 rings (SSSR count). The van der Waals surface area contributed by atoms with Gasteiger partial charge in [-0.2, -0.15) is 0 Å².